The molecule has 3 rings (SSSR count). The molecule has 0 radical (unpaired) electrons. The van der Waals surface area contributed by atoms with E-state index >= 15 is 0 Å². The lowest BCUT2D eigenvalue weighted by molar-refractivity contribution is 0.0692. The molecule has 0 aliphatic carbocycles. The average Bonchev–Trinajstić information content (AvgIpc) is 3.14. The number of carboxylic acid groups (broad SMARTS) is 1. The number of benzene rings is 2. The fraction of sp³-hybridized carbons (Fsp3) is 0.105. The molecule has 25 heavy (non-hydrogen) atoms. The van der Waals surface area contributed by atoms with Gasteiger partial charge in [-0.15, -0.1) is 11.8 Å². The molecule has 0 aliphatic heterocycles. The molecule has 0 fully saturated rings. The summed E-state index contributed by atoms with van der Waals surface area (Å²) < 4.78 is 23.5. The lowest BCUT2D eigenvalue weighted by Gasteiger charge is -2.14. The predicted molar refractivity (Wildman–Crippen MR) is 93.6 cm³/mol. The van der Waals surface area contributed by atoms with Crippen molar-refractivity contribution in [2.45, 2.75) is 10.6 Å². The van der Waals surface area contributed by atoms with E-state index in [1.165, 1.54) is 43.5 Å². The van der Waals surface area contributed by atoms with Crippen LogP contribution in [0.5, 0.6) is 5.75 Å². The van der Waals surface area contributed by atoms with Crippen molar-refractivity contribution in [1.82, 2.24) is 0 Å². The van der Waals surface area contributed by atoms with Gasteiger partial charge in [-0.05, 0) is 35.9 Å². The molecule has 0 bridgehead atoms. The van der Waals surface area contributed by atoms with Crippen LogP contribution in [0, 0.1) is 5.82 Å². The summed E-state index contributed by atoms with van der Waals surface area (Å²) in [4.78, 5) is 12.7. The number of hydrogen-bond donors (Lipinski definition) is 1. The predicted octanol–water partition coefficient (Wildman–Crippen LogP) is 5.08. The Morgan fingerprint density at radius 3 is 2.56 bits per heavy atom. The van der Waals surface area contributed by atoms with E-state index in [1.54, 1.807) is 24.3 Å². The summed E-state index contributed by atoms with van der Waals surface area (Å²) in [6, 6.07) is 11.4. The van der Waals surface area contributed by atoms with E-state index in [-0.39, 0.29) is 11.4 Å². The van der Waals surface area contributed by atoms with Gasteiger partial charge >= 0.3 is 5.97 Å². The van der Waals surface area contributed by atoms with Crippen molar-refractivity contribution in [3.63, 3.8) is 0 Å². The SMILES string of the molecule is COc1c(-c2ccoc2)ccc(CSc2ccc(F)cc2)c1C(=O)O. The Labute approximate surface area is 148 Å². The molecule has 4 nitrogen and oxygen atoms in total. The van der Waals surface area contributed by atoms with Gasteiger partial charge in [-0.1, -0.05) is 12.1 Å². The minimum Gasteiger partial charge on any atom is -0.495 e. The third-order valence-corrected chi connectivity index (χ3v) is 4.76. The number of carbonyl (C=O) groups is 1. The normalized spacial score (nSPS) is 10.6. The molecule has 0 atom stereocenters. The molecule has 1 N–H and O–H groups in total. The second-order valence-electron chi connectivity index (χ2n) is 5.24. The largest absolute Gasteiger partial charge is 0.495 e. The molecule has 1 heterocycles. The van der Waals surface area contributed by atoms with E-state index in [0.717, 1.165) is 10.5 Å². The van der Waals surface area contributed by atoms with Crippen molar-refractivity contribution >= 4 is 17.7 Å². The van der Waals surface area contributed by atoms with Crippen molar-refractivity contribution < 1.29 is 23.4 Å². The zero-order chi connectivity index (χ0) is 17.8. The number of thioether (sulfide) groups is 1. The van der Waals surface area contributed by atoms with Gasteiger partial charge < -0.3 is 14.3 Å². The van der Waals surface area contributed by atoms with Gasteiger partial charge in [-0.25, -0.2) is 9.18 Å². The summed E-state index contributed by atoms with van der Waals surface area (Å²) >= 11 is 1.43. The van der Waals surface area contributed by atoms with Crippen LogP contribution in [0.4, 0.5) is 4.39 Å². The van der Waals surface area contributed by atoms with Crippen LogP contribution in [-0.2, 0) is 5.75 Å². The zero-order valence-electron chi connectivity index (χ0n) is 13.4. The average molecular weight is 358 g/mol. The molecule has 3 aromatic rings. The first-order valence-electron chi connectivity index (χ1n) is 7.44. The highest BCUT2D eigenvalue weighted by molar-refractivity contribution is 7.98. The van der Waals surface area contributed by atoms with Gasteiger partial charge in [0.15, 0.2) is 0 Å². The van der Waals surface area contributed by atoms with E-state index in [2.05, 4.69) is 0 Å². The maximum absolute atomic E-state index is 13.0. The van der Waals surface area contributed by atoms with E-state index in [4.69, 9.17) is 9.15 Å². The second-order valence-corrected chi connectivity index (χ2v) is 6.29. The molecule has 128 valence electrons. The Morgan fingerprint density at radius 2 is 1.96 bits per heavy atom. The van der Waals surface area contributed by atoms with Gasteiger partial charge in [0.25, 0.3) is 0 Å². The molecule has 0 aliphatic rings. The van der Waals surface area contributed by atoms with Crippen LogP contribution in [0.15, 0.2) is 64.3 Å². The monoisotopic (exact) mass is 358 g/mol. The van der Waals surface area contributed by atoms with Crippen LogP contribution in [0.25, 0.3) is 11.1 Å². The van der Waals surface area contributed by atoms with Crippen LogP contribution in [0.1, 0.15) is 15.9 Å². The van der Waals surface area contributed by atoms with Gasteiger partial charge in [0.05, 0.1) is 19.6 Å². The molecule has 1 aromatic heterocycles. The van der Waals surface area contributed by atoms with Crippen LogP contribution in [0.3, 0.4) is 0 Å². The summed E-state index contributed by atoms with van der Waals surface area (Å²) in [6.07, 6.45) is 3.06. The Morgan fingerprint density at radius 1 is 1.20 bits per heavy atom. The van der Waals surface area contributed by atoms with Gasteiger partial charge in [0, 0.05) is 21.8 Å². The summed E-state index contributed by atoms with van der Waals surface area (Å²) in [5.74, 6) is -0.639. The third-order valence-electron chi connectivity index (χ3n) is 3.70. The third kappa shape index (κ3) is 3.69. The zero-order valence-corrected chi connectivity index (χ0v) is 14.2. The molecular weight excluding hydrogens is 343 g/mol. The fourth-order valence-corrected chi connectivity index (χ4v) is 3.42. The van der Waals surface area contributed by atoms with Gasteiger partial charge in [0.1, 0.15) is 17.1 Å². The molecular formula is C19H15FO4S. The number of halogens is 1. The smallest absolute Gasteiger partial charge is 0.339 e. The first kappa shape index (κ1) is 17.1. The number of ether oxygens (including phenoxy) is 1. The highest BCUT2D eigenvalue weighted by atomic mass is 32.2. The molecule has 0 saturated heterocycles. The van der Waals surface area contributed by atoms with Gasteiger partial charge in [-0.2, -0.15) is 0 Å². The lowest BCUT2D eigenvalue weighted by Crippen LogP contribution is -2.06. The molecule has 6 heteroatoms. The highest BCUT2D eigenvalue weighted by Crippen LogP contribution is 2.37. The Kier molecular flexibility index (Phi) is 5.09. The maximum atomic E-state index is 13.0. The summed E-state index contributed by atoms with van der Waals surface area (Å²) in [6.45, 7) is 0. The van der Waals surface area contributed by atoms with Crippen molar-refractivity contribution in [3.05, 3.63) is 71.9 Å². The summed E-state index contributed by atoms with van der Waals surface area (Å²) in [7, 11) is 1.45. The van der Waals surface area contributed by atoms with Crippen LogP contribution < -0.4 is 4.74 Å². The first-order chi connectivity index (χ1) is 12.1. The van der Waals surface area contributed by atoms with E-state index in [0.29, 0.717) is 22.6 Å². The Bertz CT molecular complexity index is 873. The molecule has 0 saturated carbocycles. The summed E-state index contributed by atoms with van der Waals surface area (Å²) in [5.41, 5.74) is 2.16. The molecule has 0 unspecified atom stereocenters. The minimum atomic E-state index is -1.06. The van der Waals surface area contributed by atoms with E-state index in [9.17, 15) is 14.3 Å². The van der Waals surface area contributed by atoms with Crippen LogP contribution in [-0.4, -0.2) is 18.2 Å². The molecule has 2 aromatic carbocycles. The van der Waals surface area contributed by atoms with E-state index < -0.39 is 5.97 Å². The number of aromatic carboxylic acids is 1. The van der Waals surface area contributed by atoms with Crippen LogP contribution >= 0.6 is 11.8 Å². The van der Waals surface area contributed by atoms with Crippen molar-refractivity contribution in [2.75, 3.05) is 7.11 Å². The molecule has 0 spiro atoms. The number of furan rings is 1. The molecule has 0 amide bonds. The standard InChI is InChI=1S/C19H15FO4S/c1-23-18-16(12-8-9-24-10-12)7-2-13(17(18)19(21)22)11-25-15-5-3-14(20)4-6-15/h2-10H,11H2,1H3,(H,21,22). The Hall–Kier alpha value is -2.73. The van der Waals surface area contributed by atoms with Crippen molar-refractivity contribution in [3.8, 4) is 16.9 Å². The Balaban J connectivity index is 1.96. The number of rotatable bonds is 6. The maximum Gasteiger partial charge on any atom is 0.339 e. The minimum absolute atomic E-state index is 0.121. The second kappa shape index (κ2) is 7.44. The topological polar surface area (TPSA) is 59.7 Å². The van der Waals surface area contributed by atoms with Gasteiger partial charge in [-0.3, -0.25) is 0 Å². The van der Waals surface area contributed by atoms with Crippen molar-refractivity contribution in [1.29, 1.82) is 0 Å². The summed E-state index contributed by atoms with van der Waals surface area (Å²) in [5, 5.41) is 9.67. The van der Waals surface area contributed by atoms with Crippen molar-refractivity contribution in [2.24, 2.45) is 0 Å². The van der Waals surface area contributed by atoms with Gasteiger partial charge in [0.2, 0.25) is 0 Å². The quantitative estimate of drug-likeness (QED) is 0.622. The number of hydrogen-bond acceptors (Lipinski definition) is 4. The number of carboxylic acids is 1. The van der Waals surface area contributed by atoms with E-state index in [1.807, 2.05) is 6.07 Å². The lowest BCUT2D eigenvalue weighted by atomic mass is 9.99. The fourth-order valence-electron chi connectivity index (χ4n) is 2.53. The van der Waals surface area contributed by atoms with Crippen LogP contribution in [0.2, 0.25) is 0 Å². The highest BCUT2D eigenvalue weighted by Gasteiger charge is 2.21. The number of methoxy groups -OCH3 is 1. The first-order valence-corrected chi connectivity index (χ1v) is 8.43.